The van der Waals surface area contributed by atoms with Crippen LogP contribution in [0.2, 0.25) is 0 Å². The van der Waals surface area contributed by atoms with Crippen molar-refractivity contribution in [2.45, 2.75) is 13.8 Å². The predicted molar refractivity (Wildman–Crippen MR) is 89.9 cm³/mol. The molecule has 100 valence electrons. The standard InChI is InChI=1S/C18H18NP/c1-13-17(15-9-5-3-6-10-15)18(14(2)19(13)20)16-11-7-4-8-12-16/h3-12H,20H2,1-2H3. The highest BCUT2D eigenvalue weighted by Gasteiger charge is 2.18. The van der Waals surface area contributed by atoms with Gasteiger partial charge < -0.3 is 4.34 Å². The Balaban J connectivity index is 2.32. The lowest BCUT2D eigenvalue weighted by atomic mass is 9.95. The Labute approximate surface area is 122 Å². The fraction of sp³-hybridized carbons (Fsp3) is 0.111. The summed E-state index contributed by atoms with van der Waals surface area (Å²) >= 11 is 0. The van der Waals surface area contributed by atoms with Crippen LogP contribution in [0.15, 0.2) is 60.7 Å². The Morgan fingerprint density at radius 1 is 0.650 bits per heavy atom. The van der Waals surface area contributed by atoms with Crippen LogP contribution in [0.3, 0.4) is 0 Å². The number of nitrogens with zero attached hydrogens (tertiary/aromatic N) is 1. The topological polar surface area (TPSA) is 4.93 Å². The third kappa shape index (κ3) is 2.09. The van der Waals surface area contributed by atoms with Crippen LogP contribution in [0.1, 0.15) is 11.4 Å². The van der Waals surface area contributed by atoms with Gasteiger partial charge in [0.1, 0.15) is 0 Å². The smallest absolute Gasteiger partial charge is 0.0263 e. The highest BCUT2D eigenvalue weighted by Crippen LogP contribution is 2.40. The average Bonchev–Trinajstić information content (AvgIpc) is 2.73. The van der Waals surface area contributed by atoms with Crippen molar-refractivity contribution in [3.8, 4) is 22.3 Å². The molecule has 0 saturated heterocycles. The summed E-state index contributed by atoms with van der Waals surface area (Å²) in [5, 5.41) is 0. The van der Waals surface area contributed by atoms with Gasteiger partial charge in [0.05, 0.1) is 0 Å². The van der Waals surface area contributed by atoms with Gasteiger partial charge in [-0.1, -0.05) is 60.7 Å². The van der Waals surface area contributed by atoms with E-state index in [1.807, 2.05) is 0 Å². The zero-order chi connectivity index (χ0) is 14.1. The van der Waals surface area contributed by atoms with Crippen LogP contribution < -0.4 is 0 Å². The second-order valence-corrected chi connectivity index (χ2v) is 5.54. The average molecular weight is 279 g/mol. The summed E-state index contributed by atoms with van der Waals surface area (Å²) in [7, 11) is 2.82. The van der Waals surface area contributed by atoms with Gasteiger partial charge in [0, 0.05) is 22.5 Å². The largest absolute Gasteiger partial charge is 0.333 e. The lowest BCUT2D eigenvalue weighted by molar-refractivity contribution is 1.11. The van der Waals surface area contributed by atoms with Crippen molar-refractivity contribution in [1.29, 1.82) is 0 Å². The lowest BCUT2D eigenvalue weighted by Crippen LogP contribution is -1.85. The molecule has 1 heterocycles. The van der Waals surface area contributed by atoms with Gasteiger partial charge in [0.25, 0.3) is 0 Å². The maximum Gasteiger partial charge on any atom is 0.0263 e. The van der Waals surface area contributed by atoms with E-state index in [2.05, 4.69) is 88.2 Å². The first-order valence-electron chi connectivity index (χ1n) is 6.78. The monoisotopic (exact) mass is 279 g/mol. The Morgan fingerprint density at radius 2 is 1.00 bits per heavy atom. The van der Waals surface area contributed by atoms with E-state index in [0.29, 0.717) is 0 Å². The zero-order valence-electron chi connectivity index (χ0n) is 11.8. The van der Waals surface area contributed by atoms with Crippen LogP contribution in [0.25, 0.3) is 22.3 Å². The molecule has 0 N–H and O–H groups in total. The first-order valence-corrected chi connectivity index (χ1v) is 7.29. The van der Waals surface area contributed by atoms with Crippen molar-refractivity contribution >= 4 is 9.39 Å². The van der Waals surface area contributed by atoms with Gasteiger partial charge in [0.2, 0.25) is 0 Å². The lowest BCUT2D eigenvalue weighted by Gasteiger charge is -2.07. The van der Waals surface area contributed by atoms with Crippen LogP contribution in [-0.4, -0.2) is 4.34 Å². The molecule has 2 heteroatoms. The van der Waals surface area contributed by atoms with Gasteiger partial charge in [0.15, 0.2) is 0 Å². The van der Waals surface area contributed by atoms with E-state index in [4.69, 9.17) is 0 Å². The van der Waals surface area contributed by atoms with Crippen molar-refractivity contribution in [2.24, 2.45) is 0 Å². The first-order chi connectivity index (χ1) is 9.70. The Hall–Kier alpha value is -1.85. The van der Waals surface area contributed by atoms with Crippen LogP contribution >= 0.6 is 9.39 Å². The SMILES string of the molecule is Cc1c(-c2ccccc2)c(-c2ccccc2)c(C)n1P. The predicted octanol–water partition coefficient (Wildman–Crippen LogP) is 5.08. The number of benzene rings is 2. The van der Waals surface area contributed by atoms with Crippen LogP contribution in [-0.2, 0) is 0 Å². The van der Waals surface area contributed by atoms with Gasteiger partial charge in [-0.3, -0.25) is 0 Å². The molecule has 0 spiro atoms. The number of hydrogen-bond donors (Lipinski definition) is 0. The van der Waals surface area contributed by atoms with Crippen molar-refractivity contribution in [1.82, 2.24) is 4.34 Å². The fourth-order valence-corrected chi connectivity index (χ4v) is 3.03. The normalized spacial score (nSPS) is 10.8. The van der Waals surface area contributed by atoms with E-state index in [1.165, 1.54) is 33.6 Å². The Bertz CT molecular complexity index is 664. The van der Waals surface area contributed by atoms with E-state index >= 15 is 0 Å². The summed E-state index contributed by atoms with van der Waals surface area (Å²) in [6.07, 6.45) is 0. The van der Waals surface area contributed by atoms with Crippen LogP contribution in [0.5, 0.6) is 0 Å². The quantitative estimate of drug-likeness (QED) is 0.577. The van der Waals surface area contributed by atoms with E-state index in [-0.39, 0.29) is 0 Å². The van der Waals surface area contributed by atoms with Gasteiger partial charge in [-0.15, -0.1) is 0 Å². The van der Waals surface area contributed by atoms with Crippen LogP contribution in [0.4, 0.5) is 0 Å². The Morgan fingerprint density at radius 3 is 1.35 bits per heavy atom. The maximum atomic E-state index is 2.82. The molecular weight excluding hydrogens is 261 g/mol. The molecule has 0 aliphatic heterocycles. The molecule has 1 unspecified atom stereocenters. The number of hydrogen-bond acceptors (Lipinski definition) is 0. The Kier molecular flexibility index (Phi) is 3.46. The number of rotatable bonds is 2. The minimum Gasteiger partial charge on any atom is -0.333 e. The fourth-order valence-electron chi connectivity index (χ4n) is 2.77. The van der Waals surface area contributed by atoms with Crippen molar-refractivity contribution in [3.63, 3.8) is 0 Å². The molecule has 0 radical (unpaired) electrons. The van der Waals surface area contributed by atoms with Gasteiger partial charge in [-0.05, 0) is 34.4 Å². The molecule has 0 bridgehead atoms. The van der Waals surface area contributed by atoms with Crippen molar-refractivity contribution < 1.29 is 0 Å². The molecule has 0 saturated carbocycles. The summed E-state index contributed by atoms with van der Waals surface area (Å²) in [6.45, 7) is 4.35. The molecule has 1 aromatic heterocycles. The molecule has 20 heavy (non-hydrogen) atoms. The van der Waals surface area contributed by atoms with Gasteiger partial charge in [-0.25, -0.2) is 0 Å². The molecule has 0 amide bonds. The minimum absolute atomic E-state index is 1.27. The minimum atomic E-state index is 1.27. The summed E-state index contributed by atoms with van der Waals surface area (Å²) < 4.78 is 2.20. The van der Waals surface area contributed by atoms with Gasteiger partial charge in [-0.2, -0.15) is 0 Å². The maximum absolute atomic E-state index is 2.82. The van der Waals surface area contributed by atoms with E-state index in [9.17, 15) is 0 Å². The molecule has 0 aliphatic rings. The third-order valence-electron chi connectivity index (χ3n) is 3.82. The summed E-state index contributed by atoms with van der Waals surface area (Å²) in [6, 6.07) is 21.2. The second kappa shape index (κ2) is 5.26. The number of aromatic nitrogens is 1. The molecule has 1 atom stereocenters. The molecule has 2 aromatic carbocycles. The molecule has 3 aromatic rings. The van der Waals surface area contributed by atoms with Crippen molar-refractivity contribution in [3.05, 3.63) is 72.1 Å². The van der Waals surface area contributed by atoms with E-state index in [0.717, 1.165) is 0 Å². The summed E-state index contributed by atoms with van der Waals surface area (Å²) in [5.41, 5.74) is 7.74. The zero-order valence-corrected chi connectivity index (χ0v) is 13.0. The molecule has 0 aliphatic carbocycles. The first kappa shape index (κ1) is 13.1. The van der Waals surface area contributed by atoms with Gasteiger partial charge >= 0.3 is 0 Å². The van der Waals surface area contributed by atoms with Crippen LogP contribution in [0, 0.1) is 13.8 Å². The van der Waals surface area contributed by atoms with E-state index in [1.54, 1.807) is 0 Å². The molecule has 1 nitrogen and oxygen atoms in total. The molecule has 0 fully saturated rings. The highest BCUT2D eigenvalue weighted by molar-refractivity contribution is 7.14. The summed E-state index contributed by atoms with van der Waals surface area (Å²) in [5.74, 6) is 0. The van der Waals surface area contributed by atoms with E-state index < -0.39 is 0 Å². The van der Waals surface area contributed by atoms with Crippen molar-refractivity contribution in [2.75, 3.05) is 0 Å². The molecule has 3 rings (SSSR count). The second-order valence-electron chi connectivity index (χ2n) is 5.02. The third-order valence-corrected chi connectivity index (χ3v) is 4.60. The molecular formula is C18H18NP. The highest BCUT2D eigenvalue weighted by atomic mass is 31.0. The summed E-state index contributed by atoms with van der Waals surface area (Å²) in [4.78, 5) is 0.